The minimum absolute atomic E-state index is 0.125. The zero-order valence-electron chi connectivity index (χ0n) is 14.2. The molecular weight excluding hydrogens is 328 g/mol. The van der Waals surface area contributed by atoms with E-state index in [1.54, 1.807) is 16.8 Å². The fourth-order valence-corrected chi connectivity index (χ4v) is 3.44. The molecule has 130 valence electrons. The number of aromatic amines is 1. The lowest BCUT2D eigenvalue weighted by atomic mass is 9.97. The molecule has 4 rings (SSSR count). The number of nitrogens with zero attached hydrogens (tertiary/aromatic N) is 5. The van der Waals surface area contributed by atoms with E-state index in [4.69, 9.17) is 5.26 Å². The maximum atomic E-state index is 12.3. The van der Waals surface area contributed by atoms with E-state index < -0.39 is 0 Å². The number of nitrogens with one attached hydrogen (secondary N) is 1. The number of aromatic nitrogens is 4. The van der Waals surface area contributed by atoms with E-state index >= 15 is 0 Å². The van der Waals surface area contributed by atoms with Gasteiger partial charge < -0.3 is 4.90 Å². The second kappa shape index (κ2) is 6.84. The first kappa shape index (κ1) is 16.1. The van der Waals surface area contributed by atoms with Gasteiger partial charge in [0, 0.05) is 25.2 Å². The molecule has 2 aromatic heterocycles. The van der Waals surface area contributed by atoms with Crippen LogP contribution in [0.5, 0.6) is 0 Å². The van der Waals surface area contributed by atoms with Crippen LogP contribution < -0.4 is 10.6 Å². The molecule has 0 radical (unpaired) electrons. The normalized spacial score (nSPS) is 17.0. The van der Waals surface area contributed by atoms with Crippen LogP contribution in [0.3, 0.4) is 0 Å². The van der Waals surface area contributed by atoms with Crippen molar-refractivity contribution in [2.45, 2.75) is 18.8 Å². The Kier molecular flexibility index (Phi) is 4.23. The van der Waals surface area contributed by atoms with Crippen LogP contribution in [0.15, 0.2) is 53.5 Å². The largest absolute Gasteiger partial charge is 0.356 e. The molecule has 0 unspecified atom stereocenters. The van der Waals surface area contributed by atoms with Crippen molar-refractivity contribution in [2.24, 2.45) is 0 Å². The van der Waals surface area contributed by atoms with E-state index in [0.29, 0.717) is 5.56 Å². The molecule has 26 heavy (non-hydrogen) atoms. The van der Waals surface area contributed by atoms with Crippen molar-refractivity contribution in [1.82, 2.24) is 19.7 Å². The minimum atomic E-state index is -0.222. The highest BCUT2D eigenvalue weighted by atomic mass is 16.1. The summed E-state index contributed by atoms with van der Waals surface area (Å²) in [5.74, 6) is 1.72. The van der Waals surface area contributed by atoms with Crippen molar-refractivity contribution < 1.29 is 0 Å². The summed E-state index contributed by atoms with van der Waals surface area (Å²) >= 11 is 0. The summed E-state index contributed by atoms with van der Waals surface area (Å²) in [7, 11) is 0. The summed E-state index contributed by atoms with van der Waals surface area (Å²) in [6.07, 6.45) is 3.54. The van der Waals surface area contributed by atoms with E-state index in [-0.39, 0.29) is 11.6 Å². The van der Waals surface area contributed by atoms with Gasteiger partial charge in [-0.25, -0.2) is 19.4 Å². The molecule has 1 N–H and O–H groups in total. The first-order valence-electron chi connectivity index (χ1n) is 8.60. The monoisotopic (exact) mass is 346 g/mol. The third-order valence-corrected chi connectivity index (χ3v) is 4.70. The third-order valence-electron chi connectivity index (χ3n) is 4.70. The molecule has 7 nitrogen and oxygen atoms in total. The fraction of sp³-hybridized carbons (Fsp3) is 0.263. The molecule has 0 spiro atoms. The number of anilines is 1. The molecule has 1 fully saturated rings. The molecule has 0 aliphatic carbocycles. The highest BCUT2D eigenvalue weighted by Gasteiger charge is 2.27. The van der Waals surface area contributed by atoms with E-state index in [1.165, 1.54) is 0 Å². The molecule has 1 atom stereocenters. The Bertz CT molecular complexity index is 983. The molecule has 1 aliphatic heterocycles. The number of nitriles is 1. The van der Waals surface area contributed by atoms with E-state index in [9.17, 15) is 4.79 Å². The SMILES string of the molecule is N#Cc1ccc(N2CCC[C@@H](c3n[nH]c(=O)n3-c3ccccc3)C2)nc1. The highest BCUT2D eigenvalue weighted by Crippen LogP contribution is 2.28. The van der Waals surface area contributed by atoms with Crippen molar-refractivity contribution in [3.05, 3.63) is 70.5 Å². The average molecular weight is 346 g/mol. The Labute approximate surface area is 150 Å². The molecule has 0 amide bonds. The van der Waals surface area contributed by atoms with E-state index in [0.717, 1.165) is 43.3 Å². The van der Waals surface area contributed by atoms with Crippen LogP contribution in [0.1, 0.15) is 30.1 Å². The molecule has 1 aliphatic rings. The highest BCUT2D eigenvalue weighted by molar-refractivity contribution is 5.43. The van der Waals surface area contributed by atoms with Gasteiger partial charge in [-0.3, -0.25) is 0 Å². The van der Waals surface area contributed by atoms with Crippen LogP contribution in [-0.2, 0) is 0 Å². The summed E-state index contributed by atoms with van der Waals surface area (Å²) in [6, 6.07) is 15.3. The second-order valence-electron chi connectivity index (χ2n) is 6.36. The number of benzene rings is 1. The number of hydrogen-bond donors (Lipinski definition) is 1. The molecule has 7 heteroatoms. The molecule has 0 saturated carbocycles. The predicted octanol–water partition coefficient (Wildman–Crippen LogP) is 2.21. The van der Waals surface area contributed by atoms with Crippen LogP contribution in [0.2, 0.25) is 0 Å². The van der Waals surface area contributed by atoms with E-state index in [2.05, 4.69) is 26.2 Å². The predicted molar refractivity (Wildman–Crippen MR) is 97.3 cm³/mol. The Balaban J connectivity index is 1.63. The topological polar surface area (TPSA) is 90.6 Å². The lowest BCUT2D eigenvalue weighted by Crippen LogP contribution is -2.36. The Morgan fingerprint density at radius 1 is 1.19 bits per heavy atom. The van der Waals surface area contributed by atoms with Gasteiger partial charge in [0.2, 0.25) is 0 Å². The van der Waals surface area contributed by atoms with Gasteiger partial charge in [-0.2, -0.15) is 10.4 Å². The van der Waals surface area contributed by atoms with Crippen LogP contribution in [0.25, 0.3) is 5.69 Å². The number of hydrogen-bond acceptors (Lipinski definition) is 5. The summed E-state index contributed by atoms with van der Waals surface area (Å²) in [6.45, 7) is 1.63. The summed E-state index contributed by atoms with van der Waals surface area (Å²) in [5, 5.41) is 15.8. The van der Waals surface area contributed by atoms with E-state index in [1.807, 2.05) is 36.4 Å². The van der Waals surface area contributed by atoms with Gasteiger partial charge in [-0.1, -0.05) is 18.2 Å². The smallest absolute Gasteiger partial charge is 0.347 e. The standard InChI is InChI=1S/C19H18N6O/c20-11-14-8-9-17(21-12-14)24-10-4-5-15(13-24)18-22-23-19(26)25(18)16-6-2-1-3-7-16/h1-3,6-9,12,15H,4-5,10,13H2,(H,23,26)/t15-/m1/s1. The van der Waals surface area contributed by atoms with Crippen molar-refractivity contribution in [3.63, 3.8) is 0 Å². The Morgan fingerprint density at radius 2 is 2.04 bits per heavy atom. The molecule has 1 aromatic carbocycles. The van der Waals surface area contributed by atoms with Gasteiger partial charge in [0.15, 0.2) is 0 Å². The van der Waals surface area contributed by atoms with Crippen LogP contribution in [0, 0.1) is 11.3 Å². The van der Waals surface area contributed by atoms with Crippen LogP contribution in [0.4, 0.5) is 5.82 Å². The van der Waals surface area contributed by atoms with Gasteiger partial charge in [0.25, 0.3) is 0 Å². The van der Waals surface area contributed by atoms with Crippen molar-refractivity contribution in [2.75, 3.05) is 18.0 Å². The number of para-hydroxylation sites is 1. The summed E-state index contributed by atoms with van der Waals surface area (Å²) < 4.78 is 1.65. The zero-order chi connectivity index (χ0) is 17.9. The van der Waals surface area contributed by atoms with Gasteiger partial charge in [0.05, 0.1) is 11.3 Å². The fourth-order valence-electron chi connectivity index (χ4n) is 3.44. The van der Waals surface area contributed by atoms with Crippen molar-refractivity contribution >= 4 is 5.82 Å². The molecular formula is C19H18N6O. The van der Waals surface area contributed by atoms with Gasteiger partial charge in [0.1, 0.15) is 17.7 Å². The first-order valence-corrected chi connectivity index (χ1v) is 8.60. The van der Waals surface area contributed by atoms with Crippen LogP contribution in [-0.4, -0.2) is 32.8 Å². The minimum Gasteiger partial charge on any atom is -0.356 e. The average Bonchev–Trinajstić information content (AvgIpc) is 3.10. The number of piperidine rings is 1. The molecule has 0 bridgehead atoms. The Morgan fingerprint density at radius 3 is 2.77 bits per heavy atom. The third kappa shape index (κ3) is 2.97. The summed E-state index contributed by atoms with van der Waals surface area (Å²) in [4.78, 5) is 18.9. The van der Waals surface area contributed by atoms with Gasteiger partial charge in [-0.15, -0.1) is 0 Å². The number of rotatable bonds is 3. The lowest BCUT2D eigenvalue weighted by molar-refractivity contribution is 0.483. The van der Waals surface area contributed by atoms with Gasteiger partial charge in [-0.05, 0) is 37.1 Å². The number of pyridine rings is 1. The van der Waals surface area contributed by atoms with Crippen LogP contribution >= 0.6 is 0 Å². The second-order valence-corrected chi connectivity index (χ2v) is 6.36. The maximum absolute atomic E-state index is 12.3. The maximum Gasteiger partial charge on any atom is 0.347 e. The van der Waals surface area contributed by atoms with Crippen molar-refractivity contribution in [1.29, 1.82) is 5.26 Å². The number of H-pyrrole nitrogens is 1. The summed E-state index contributed by atoms with van der Waals surface area (Å²) in [5.41, 5.74) is 1.14. The van der Waals surface area contributed by atoms with Gasteiger partial charge >= 0.3 is 5.69 Å². The first-order chi connectivity index (χ1) is 12.8. The molecule has 3 aromatic rings. The Hall–Kier alpha value is -3.40. The molecule has 3 heterocycles. The zero-order valence-corrected chi connectivity index (χ0v) is 14.2. The van der Waals surface area contributed by atoms with Crippen molar-refractivity contribution in [3.8, 4) is 11.8 Å². The molecule has 1 saturated heterocycles. The quantitative estimate of drug-likeness (QED) is 0.785. The lowest BCUT2D eigenvalue weighted by Gasteiger charge is -2.33.